The van der Waals surface area contributed by atoms with E-state index in [1.54, 1.807) is 18.1 Å². The molecule has 160 valence electrons. The number of carboxylic acids is 1. The third-order valence-electron chi connectivity index (χ3n) is 6.90. The summed E-state index contributed by atoms with van der Waals surface area (Å²) in [5.41, 5.74) is 4.75. The molecule has 0 radical (unpaired) electrons. The van der Waals surface area contributed by atoms with E-state index in [2.05, 4.69) is 40.7 Å². The summed E-state index contributed by atoms with van der Waals surface area (Å²) < 4.78 is 0. The first-order valence-electron chi connectivity index (χ1n) is 11.0. The van der Waals surface area contributed by atoms with E-state index in [4.69, 9.17) is 14.9 Å². The molecular weight excluding hydrogens is 352 g/mol. The van der Waals surface area contributed by atoms with Crippen molar-refractivity contribution in [2.45, 2.75) is 111 Å². The van der Waals surface area contributed by atoms with Gasteiger partial charge in [-0.25, -0.2) is 9.78 Å². The van der Waals surface area contributed by atoms with Gasteiger partial charge in [-0.3, -0.25) is 4.79 Å². The maximum atomic E-state index is 11.1. The van der Waals surface area contributed by atoms with Gasteiger partial charge in [0.05, 0.1) is 5.92 Å². The zero-order chi connectivity index (χ0) is 20.9. The van der Waals surface area contributed by atoms with Crippen LogP contribution in [0.15, 0.2) is 22.8 Å². The Labute approximate surface area is 171 Å². The summed E-state index contributed by atoms with van der Waals surface area (Å²) in [7, 11) is 0. The van der Waals surface area contributed by atoms with E-state index in [1.807, 2.05) is 0 Å². The Bertz CT molecular complexity index is 606. The van der Waals surface area contributed by atoms with Gasteiger partial charge >= 0.3 is 5.97 Å². The van der Waals surface area contributed by atoms with E-state index in [1.165, 1.54) is 31.3 Å². The molecule has 2 rings (SSSR count). The van der Waals surface area contributed by atoms with Crippen LogP contribution in [0.5, 0.6) is 0 Å². The zero-order valence-electron chi connectivity index (χ0n) is 18.8. The molecule has 0 aromatic heterocycles. The predicted octanol–water partition coefficient (Wildman–Crippen LogP) is 6.61. The van der Waals surface area contributed by atoms with Crippen molar-refractivity contribution in [3.05, 3.63) is 22.8 Å². The van der Waals surface area contributed by atoms with Gasteiger partial charge in [-0.2, -0.15) is 0 Å². The van der Waals surface area contributed by atoms with E-state index in [-0.39, 0.29) is 11.7 Å². The summed E-state index contributed by atoms with van der Waals surface area (Å²) in [5.74, 6) is -1.37. The number of aliphatic carboxylic acids is 1. The molecule has 1 N–H and O–H groups in total. The van der Waals surface area contributed by atoms with Gasteiger partial charge in [0, 0.05) is 0 Å². The summed E-state index contributed by atoms with van der Waals surface area (Å²) in [6.45, 7) is 13.1. The van der Waals surface area contributed by atoms with Crippen LogP contribution in [0.4, 0.5) is 0 Å². The third kappa shape index (κ3) is 6.18. The van der Waals surface area contributed by atoms with Crippen LogP contribution in [-0.4, -0.2) is 22.8 Å². The highest BCUT2D eigenvalue weighted by Crippen LogP contribution is 2.42. The highest BCUT2D eigenvalue weighted by molar-refractivity contribution is 5.70. The van der Waals surface area contributed by atoms with Crippen molar-refractivity contribution in [3.8, 4) is 0 Å². The molecule has 4 heteroatoms. The Morgan fingerprint density at radius 2 is 2.04 bits per heavy atom. The SMILES string of the molecule is CC(=CCC[C@@]1(C)CC[C@@H]([C@H](C)C(=O)O)OO1)CCC1=C(C)CCCC1(C)C. The molecule has 0 unspecified atom stereocenters. The fraction of sp³-hybridized carbons (Fsp3) is 0.792. The van der Waals surface area contributed by atoms with E-state index in [0.717, 1.165) is 32.1 Å². The van der Waals surface area contributed by atoms with Gasteiger partial charge in [0.2, 0.25) is 0 Å². The quantitative estimate of drug-likeness (QED) is 0.373. The van der Waals surface area contributed by atoms with Gasteiger partial charge in [-0.05, 0) is 90.9 Å². The smallest absolute Gasteiger partial charge is 0.308 e. The maximum absolute atomic E-state index is 11.1. The van der Waals surface area contributed by atoms with Crippen LogP contribution in [0.2, 0.25) is 0 Å². The van der Waals surface area contributed by atoms with Crippen LogP contribution in [0.1, 0.15) is 99.3 Å². The molecule has 2 aliphatic rings. The summed E-state index contributed by atoms with van der Waals surface area (Å²) in [4.78, 5) is 22.2. The molecule has 0 bridgehead atoms. The van der Waals surface area contributed by atoms with Crippen molar-refractivity contribution in [3.63, 3.8) is 0 Å². The van der Waals surface area contributed by atoms with E-state index >= 15 is 0 Å². The second kappa shape index (κ2) is 9.58. The molecule has 0 saturated carbocycles. The molecule has 0 aromatic rings. The van der Waals surface area contributed by atoms with Gasteiger partial charge in [-0.1, -0.05) is 36.6 Å². The van der Waals surface area contributed by atoms with Crippen molar-refractivity contribution in [1.82, 2.24) is 0 Å². The molecule has 0 amide bonds. The van der Waals surface area contributed by atoms with Crippen LogP contribution in [0.25, 0.3) is 0 Å². The Morgan fingerprint density at radius 1 is 1.32 bits per heavy atom. The minimum absolute atomic E-state index is 0.323. The lowest BCUT2D eigenvalue weighted by Crippen LogP contribution is -2.41. The number of carbonyl (C=O) groups is 1. The van der Waals surface area contributed by atoms with Crippen LogP contribution < -0.4 is 0 Å². The summed E-state index contributed by atoms with van der Waals surface area (Å²) >= 11 is 0. The number of hydrogen-bond donors (Lipinski definition) is 1. The van der Waals surface area contributed by atoms with E-state index < -0.39 is 11.9 Å². The Morgan fingerprint density at radius 3 is 2.61 bits per heavy atom. The largest absolute Gasteiger partial charge is 0.481 e. The average Bonchev–Trinajstić information content (AvgIpc) is 2.60. The highest BCUT2D eigenvalue weighted by atomic mass is 17.2. The van der Waals surface area contributed by atoms with E-state index in [9.17, 15) is 4.79 Å². The van der Waals surface area contributed by atoms with E-state index in [0.29, 0.717) is 5.41 Å². The molecule has 1 aliphatic carbocycles. The van der Waals surface area contributed by atoms with Crippen molar-refractivity contribution in [2.75, 3.05) is 0 Å². The van der Waals surface area contributed by atoms with Gasteiger partial charge in [0.15, 0.2) is 0 Å². The number of carboxylic acid groups (broad SMARTS) is 1. The van der Waals surface area contributed by atoms with Gasteiger partial charge < -0.3 is 5.11 Å². The molecule has 1 heterocycles. The first-order chi connectivity index (χ1) is 13.0. The summed E-state index contributed by atoms with van der Waals surface area (Å²) in [6, 6.07) is 0. The molecule has 0 spiro atoms. The topological polar surface area (TPSA) is 55.8 Å². The fourth-order valence-corrected chi connectivity index (χ4v) is 4.65. The average molecular weight is 393 g/mol. The molecule has 28 heavy (non-hydrogen) atoms. The van der Waals surface area contributed by atoms with Crippen molar-refractivity contribution in [2.24, 2.45) is 11.3 Å². The lowest BCUT2D eigenvalue weighted by molar-refractivity contribution is -0.411. The van der Waals surface area contributed by atoms with Crippen molar-refractivity contribution < 1.29 is 19.7 Å². The van der Waals surface area contributed by atoms with Crippen LogP contribution in [0.3, 0.4) is 0 Å². The monoisotopic (exact) mass is 392 g/mol. The minimum atomic E-state index is -0.831. The molecule has 1 saturated heterocycles. The van der Waals surface area contributed by atoms with Gasteiger partial charge in [0.1, 0.15) is 11.7 Å². The molecular formula is C24H40O4. The standard InChI is InChI=1S/C24H40O4/c1-17(11-12-20-18(2)10-8-14-23(20,4)5)9-7-15-24(6)16-13-21(27-28-24)19(3)22(25)26/h9,19,21H,7-8,10-16H2,1-6H3,(H,25,26)/t19-,21-,24-/m0/s1. The normalized spacial score (nSPS) is 29.6. The van der Waals surface area contributed by atoms with Crippen molar-refractivity contribution >= 4 is 5.97 Å². The Kier molecular flexibility index (Phi) is 7.92. The summed E-state index contributed by atoms with van der Waals surface area (Å²) in [5, 5.41) is 9.11. The van der Waals surface area contributed by atoms with Crippen LogP contribution >= 0.6 is 0 Å². The molecule has 1 fully saturated rings. The second-order valence-corrected chi connectivity index (χ2v) is 9.92. The van der Waals surface area contributed by atoms with Gasteiger partial charge in [-0.15, -0.1) is 0 Å². The number of allylic oxidation sites excluding steroid dienone is 4. The Hall–Kier alpha value is -1.13. The third-order valence-corrected chi connectivity index (χ3v) is 6.90. The minimum Gasteiger partial charge on any atom is -0.481 e. The van der Waals surface area contributed by atoms with Gasteiger partial charge in [0.25, 0.3) is 0 Å². The lowest BCUT2D eigenvalue weighted by Gasteiger charge is -2.37. The molecule has 0 aromatic carbocycles. The van der Waals surface area contributed by atoms with Crippen LogP contribution in [-0.2, 0) is 14.6 Å². The summed E-state index contributed by atoms with van der Waals surface area (Å²) in [6.07, 6.45) is 11.6. The van der Waals surface area contributed by atoms with Crippen LogP contribution in [0, 0.1) is 11.3 Å². The predicted molar refractivity (Wildman–Crippen MR) is 113 cm³/mol. The molecule has 1 aliphatic heterocycles. The highest BCUT2D eigenvalue weighted by Gasteiger charge is 2.37. The first kappa shape index (κ1) is 23.2. The second-order valence-electron chi connectivity index (χ2n) is 9.92. The lowest BCUT2D eigenvalue weighted by atomic mass is 9.71. The molecule has 3 atom stereocenters. The first-order valence-corrected chi connectivity index (χ1v) is 11.0. The zero-order valence-corrected chi connectivity index (χ0v) is 18.8. The number of hydrogen-bond acceptors (Lipinski definition) is 3. The molecule has 4 nitrogen and oxygen atoms in total. The number of rotatable bonds is 8. The van der Waals surface area contributed by atoms with Crippen molar-refractivity contribution in [1.29, 1.82) is 0 Å². The fourth-order valence-electron chi connectivity index (χ4n) is 4.65. The Balaban J connectivity index is 1.79. The maximum Gasteiger partial charge on any atom is 0.308 e.